The number of nitrogens with zero attached hydrogens (tertiary/aromatic N) is 1. The van der Waals surface area contributed by atoms with Crippen LogP contribution in [0.3, 0.4) is 0 Å². The Kier molecular flexibility index (Phi) is 3.59. The Bertz CT molecular complexity index is 462. The highest BCUT2D eigenvalue weighted by Crippen LogP contribution is 2.17. The second-order valence-corrected chi connectivity index (χ2v) is 5.03. The number of hydrogen-bond acceptors (Lipinski definition) is 3. The van der Waals surface area contributed by atoms with Crippen molar-refractivity contribution in [3.05, 3.63) is 34.3 Å². The third-order valence-electron chi connectivity index (χ3n) is 2.78. The minimum absolute atomic E-state index is 0.117. The fourth-order valence-corrected chi connectivity index (χ4v) is 2.25. The monoisotopic (exact) mass is 296 g/mol. The molecule has 0 bridgehead atoms. The molecule has 1 heterocycles. The highest BCUT2D eigenvalue weighted by molar-refractivity contribution is 9.10. The van der Waals surface area contributed by atoms with Crippen molar-refractivity contribution in [2.45, 2.75) is 18.9 Å². The van der Waals surface area contributed by atoms with Gasteiger partial charge in [0.1, 0.15) is 0 Å². The number of carbonyl (C=O) groups is 2. The molecule has 1 fully saturated rings. The lowest BCUT2D eigenvalue weighted by Crippen LogP contribution is -2.46. The molecule has 0 spiro atoms. The maximum absolute atomic E-state index is 12.1. The topological polar surface area (TPSA) is 63.4 Å². The molecule has 1 aromatic carbocycles. The molecule has 90 valence electrons. The fraction of sp³-hybridized carbons (Fsp3) is 0.333. The summed E-state index contributed by atoms with van der Waals surface area (Å²) in [6, 6.07) is 6.91. The van der Waals surface area contributed by atoms with Crippen LogP contribution in [0.5, 0.6) is 0 Å². The number of amides is 2. The van der Waals surface area contributed by atoms with Crippen molar-refractivity contribution in [3.8, 4) is 0 Å². The minimum Gasteiger partial charge on any atom is -0.327 e. The summed E-state index contributed by atoms with van der Waals surface area (Å²) in [6.07, 6.45) is 0.922. The SMILES string of the molecule is NC1CCN(C(=O)c2cccc(Br)c2)C(=O)C1. The molecular formula is C12H13BrN2O2. The molecule has 2 N–H and O–H groups in total. The number of hydrogen-bond donors (Lipinski definition) is 1. The van der Waals surface area contributed by atoms with Gasteiger partial charge in [-0.25, -0.2) is 0 Å². The van der Waals surface area contributed by atoms with Crippen LogP contribution in [0.2, 0.25) is 0 Å². The van der Waals surface area contributed by atoms with Gasteiger partial charge in [-0.05, 0) is 24.6 Å². The number of imide groups is 1. The van der Waals surface area contributed by atoms with E-state index in [9.17, 15) is 9.59 Å². The highest BCUT2D eigenvalue weighted by atomic mass is 79.9. The van der Waals surface area contributed by atoms with Crippen LogP contribution in [0.1, 0.15) is 23.2 Å². The largest absolute Gasteiger partial charge is 0.327 e. The molecule has 1 aliphatic heterocycles. The van der Waals surface area contributed by atoms with E-state index in [2.05, 4.69) is 15.9 Å². The maximum atomic E-state index is 12.1. The zero-order valence-electron chi connectivity index (χ0n) is 9.23. The normalized spacial score (nSPS) is 20.5. The maximum Gasteiger partial charge on any atom is 0.260 e. The molecule has 1 unspecified atom stereocenters. The summed E-state index contributed by atoms with van der Waals surface area (Å²) in [7, 11) is 0. The summed E-state index contributed by atoms with van der Waals surface area (Å²) in [4.78, 5) is 25.1. The van der Waals surface area contributed by atoms with E-state index in [1.807, 2.05) is 6.07 Å². The first-order valence-electron chi connectivity index (χ1n) is 5.44. The van der Waals surface area contributed by atoms with E-state index in [0.29, 0.717) is 18.5 Å². The Labute approximate surface area is 108 Å². The van der Waals surface area contributed by atoms with E-state index in [1.165, 1.54) is 4.90 Å². The van der Waals surface area contributed by atoms with E-state index in [4.69, 9.17) is 5.73 Å². The zero-order chi connectivity index (χ0) is 12.4. The summed E-state index contributed by atoms with van der Waals surface area (Å²) < 4.78 is 0.824. The van der Waals surface area contributed by atoms with Crippen molar-refractivity contribution in [2.75, 3.05) is 6.54 Å². The predicted molar refractivity (Wildman–Crippen MR) is 67.4 cm³/mol. The number of piperidine rings is 1. The van der Waals surface area contributed by atoms with Gasteiger partial charge in [0.2, 0.25) is 5.91 Å². The molecular weight excluding hydrogens is 284 g/mol. The molecule has 0 aliphatic carbocycles. The van der Waals surface area contributed by atoms with Crippen LogP contribution < -0.4 is 5.73 Å². The molecule has 5 heteroatoms. The first kappa shape index (κ1) is 12.3. The fourth-order valence-electron chi connectivity index (χ4n) is 1.85. The van der Waals surface area contributed by atoms with Gasteiger partial charge in [0.05, 0.1) is 0 Å². The van der Waals surface area contributed by atoms with E-state index < -0.39 is 0 Å². The predicted octanol–water partition coefficient (Wildman–Crippen LogP) is 1.54. The van der Waals surface area contributed by atoms with Crippen LogP contribution in [0.4, 0.5) is 0 Å². The Hall–Kier alpha value is -1.20. The molecule has 0 saturated carbocycles. The lowest BCUT2D eigenvalue weighted by molar-refractivity contribution is -0.130. The van der Waals surface area contributed by atoms with Gasteiger partial charge in [-0.15, -0.1) is 0 Å². The molecule has 1 atom stereocenters. The highest BCUT2D eigenvalue weighted by Gasteiger charge is 2.28. The molecule has 4 nitrogen and oxygen atoms in total. The second kappa shape index (κ2) is 4.98. The summed E-state index contributed by atoms with van der Waals surface area (Å²) in [6.45, 7) is 0.408. The van der Waals surface area contributed by atoms with Gasteiger partial charge in [-0.2, -0.15) is 0 Å². The third-order valence-corrected chi connectivity index (χ3v) is 3.27. The smallest absolute Gasteiger partial charge is 0.260 e. The van der Waals surface area contributed by atoms with Crippen LogP contribution >= 0.6 is 15.9 Å². The molecule has 1 aliphatic rings. The minimum atomic E-state index is -0.247. The number of rotatable bonds is 1. The van der Waals surface area contributed by atoms with Crippen molar-refractivity contribution in [2.24, 2.45) is 5.73 Å². The van der Waals surface area contributed by atoms with Gasteiger partial charge in [0.25, 0.3) is 5.91 Å². The van der Waals surface area contributed by atoms with Crippen molar-refractivity contribution in [1.29, 1.82) is 0 Å². The summed E-state index contributed by atoms with van der Waals surface area (Å²) in [5.74, 6) is -0.433. The Morgan fingerprint density at radius 1 is 1.47 bits per heavy atom. The molecule has 1 saturated heterocycles. The molecule has 1 aromatic rings. The summed E-state index contributed by atoms with van der Waals surface area (Å²) >= 11 is 3.30. The van der Waals surface area contributed by atoms with Gasteiger partial charge in [-0.1, -0.05) is 22.0 Å². The first-order chi connectivity index (χ1) is 8.08. The average Bonchev–Trinajstić information content (AvgIpc) is 2.28. The number of likely N-dealkylation sites (tertiary alicyclic amines) is 1. The molecule has 2 rings (SSSR count). The van der Waals surface area contributed by atoms with E-state index in [0.717, 1.165) is 4.47 Å². The zero-order valence-corrected chi connectivity index (χ0v) is 10.8. The number of halogens is 1. The summed E-state index contributed by atoms with van der Waals surface area (Å²) in [5.41, 5.74) is 6.20. The lowest BCUT2D eigenvalue weighted by Gasteiger charge is -2.28. The van der Waals surface area contributed by atoms with E-state index >= 15 is 0 Å². The second-order valence-electron chi connectivity index (χ2n) is 4.11. The van der Waals surface area contributed by atoms with Crippen LogP contribution in [-0.4, -0.2) is 29.3 Å². The number of carbonyl (C=O) groups excluding carboxylic acids is 2. The standard InChI is InChI=1S/C12H13BrN2O2/c13-9-3-1-2-8(6-9)12(17)15-5-4-10(14)7-11(15)16/h1-3,6,10H,4-5,7,14H2. The van der Waals surface area contributed by atoms with Crippen molar-refractivity contribution >= 4 is 27.7 Å². The van der Waals surface area contributed by atoms with Crippen LogP contribution in [0.15, 0.2) is 28.7 Å². The van der Waals surface area contributed by atoms with Gasteiger partial charge in [0, 0.05) is 29.0 Å². The van der Waals surface area contributed by atoms with Gasteiger partial charge in [0.15, 0.2) is 0 Å². The van der Waals surface area contributed by atoms with E-state index in [-0.39, 0.29) is 24.3 Å². The van der Waals surface area contributed by atoms with Gasteiger partial charge >= 0.3 is 0 Å². The van der Waals surface area contributed by atoms with Crippen LogP contribution in [-0.2, 0) is 4.79 Å². The summed E-state index contributed by atoms with van der Waals surface area (Å²) in [5, 5.41) is 0. The van der Waals surface area contributed by atoms with E-state index in [1.54, 1.807) is 18.2 Å². The number of nitrogens with two attached hydrogens (primary N) is 1. The third kappa shape index (κ3) is 2.73. The Balaban J connectivity index is 2.18. The first-order valence-corrected chi connectivity index (χ1v) is 6.23. The van der Waals surface area contributed by atoms with Crippen LogP contribution in [0, 0.1) is 0 Å². The Morgan fingerprint density at radius 3 is 2.88 bits per heavy atom. The van der Waals surface area contributed by atoms with Gasteiger partial charge < -0.3 is 5.73 Å². The van der Waals surface area contributed by atoms with Gasteiger partial charge in [-0.3, -0.25) is 14.5 Å². The van der Waals surface area contributed by atoms with Crippen LogP contribution in [0.25, 0.3) is 0 Å². The number of benzene rings is 1. The van der Waals surface area contributed by atoms with Crippen molar-refractivity contribution in [1.82, 2.24) is 4.90 Å². The molecule has 17 heavy (non-hydrogen) atoms. The molecule has 0 radical (unpaired) electrons. The lowest BCUT2D eigenvalue weighted by atomic mass is 10.0. The molecule has 2 amide bonds. The van der Waals surface area contributed by atoms with Crippen molar-refractivity contribution in [3.63, 3.8) is 0 Å². The van der Waals surface area contributed by atoms with Crippen molar-refractivity contribution < 1.29 is 9.59 Å². The average molecular weight is 297 g/mol. The Morgan fingerprint density at radius 2 is 2.24 bits per heavy atom. The molecule has 0 aromatic heterocycles. The quantitative estimate of drug-likeness (QED) is 0.800.